The van der Waals surface area contributed by atoms with Gasteiger partial charge < -0.3 is 14.2 Å². The van der Waals surface area contributed by atoms with Crippen molar-refractivity contribution in [1.82, 2.24) is 19.6 Å². The van der Waals surface area contributed by atoms with E-state index in [2.05, 4.69) is 5.10 Å². The maximum atomic E-state index is 12.8. The van der Waals surface area contributed by atoms with Crippen molar-refractivity contribution in [3.63, 3.8) is 0 Å². The summed E-state index contributed by atoms with van der Waals surface area (Å²) in [6, 6.07) is 2.47. The molecule has 2 aliphatic heterocycles. The molecular formula is C17H19N5O5. The number of furan rings is 1. The van der Waals surface area contributed by atoms with Crippen LogP contribution in [0.5, 0.6) is 0 Å². The van der Waals surface area contributed by atoms with Gasteiger partial charge in [-0.05, 0) is 25.3 Å². The third-order valence-electron chi connectivity index (χ3n) is 5.05. The molecule has 0 spiro atoms. The van der Waals surface area contributed by atoms with Crippen molar-refractivity contribution in [1.29, 1.82) is 0 Å². The Labute approximate surface area is 154 Å². The first-order valence-electron chi connectivity index (χ1n) is 8.92. The molecule has 2 aliphatic rings. The molecule has 0 atom stereocenters. The third-order valence-corrected chi connectivity index (χ3v) is 5.05. The van der Waals surface area contributed by atoms with E-state index in [0.717, 1.165) is 37.6 Å². The van der Waals surface area contributed by atoms with E-state index in [1.165, 1.54) is 6.07 Å². The van der Waals surface area contributed by atoms with Crippen LogP contribution >= 0.6 is 0 Å². The monoisotopic (exact) mass is 373 g/mol. The number of nitrogens with zero attached hydrogens (tertiary/aromatic N) is 5. The summed E-state index contributed by atoms with van der Waals surface area (Å²) in [5.41, 5.74) is 1.64. The normalized spacial score (nSPS) is 16.9. The molecule has 0 aliphatic carbocycles. The summed E-state index contributed by atoms with van der Waals surface area (Å²) in [5, 5.41) is 15.0. The zero-order valence-electron chi connectivity index (χ0n) is 14.7. The highest BCUT2D eigenvalue weighted by Crippen LogP contribution is 2.21. The Balaban J connectivity index is 1.39. The van der Waals surface area contributed by atoms with E-state index in [-0.39, 0.29) is 11.7 Å². The molecule has 4 rings (SSSR count). The largest absolute Gasteiger partial charge is 0.433 e. The van der Waals surface area contributed by atoms with E-state index in [1.54, 1.807) is 16.0 Å². The van der Waals surface area contributed by atoms with E-state index in [9.17, 15) is 19.7 Å². The van der Waals surface area contributed by atoms with Crippen molar-refractivity contribution in [3.05, 3.63) is 45.5 Å². The second-order valence-electron chi connectivity index (χ2n) is 6.66. The number of aryl methyl sites for hydroxylation is 1. The minimum absolute atomic E-state index is 0.0566. The van der Waals surface area contributed by atoms with Crippen molar-refractivity contribution < 1.29 is 18.9 Å². The fourth-order valence-electron chi connectivity index (χ4n) is 3.58. The first kappa shape index (κ1) is 17.3. The van der Waals surface area contributed by atoms with Crippen molar-refractivity contribution in [2.45, 2.75) is 25.8 Å². The lowest BCUT2D eigenvalue weighted by Crippen LogP contribution is -2.50. The van der Waals surface area contributed by atoms with Gasteiger partial charge in [0.2, 0.25) is 0 Å². The fourth-order valence-corrected chi connectivity index (χ4v) is 3.58. The molecule has 10 heteroatoms. The van der Waals surface area contributed by atoms with Gasteiger partial charge in [0.25, 0.3) is 11.8 Å². The number of piperazine rings is 1. The molecule has 1 fully saturated rings. The minimum atomic E-state index is -0.681. The zero-order valence-corrected chi connectivity index (χ0v) is 14.7. The van der Waals surface area contributed by atoms with E-state index in [4.69, 9.17) is 4.42 Å². The van der Waals surface area contributed by atoms with Crippen LogP contribution in [0.25, 0.3) is 0 Å². The van der Waals surface area contributed by atoms with Gasteiger partial charge in [0.1, 0.15) is 4.92 Å². The van der Waals surface area contributed by atoms with Crippen LogP contribution in [-0.4, -0.2) is 62.5 Å². The van der Waals surface area contributed by atoms with Crippen LogP contribution in [0.3, 0.4) is 0 Å². The molecule has 2 aromatic heterocycles. The lowest BCUT2D eigenvalue weighted by molar-refractivity contribution is -0.402. The van der Waals surface area contributed by atoms with Crippen LogP contribution in [0.1, 0.15) is 39.4 Å². The van der Waals surface area contributed by atoms with Crippen LogP contribution in [0.15, 0.2) is 22.7 Å². The van der Waals surface area contributed by atoms with Gasteiger partial charge >= 0.3 is 5.88 Å². The Morgan fingerprint density at radius 3 is 2.41 bits per heavy atom. The standard InChI is InChI=1S/C17H19N5O5/c23-16(12-11-18-21-6-2-1-3-13(12)21)19-7-9-20(10-8-19)17(24)14-4-5-15(27-14)22(25)26/h4-5,11H,1-3,6-10H2. The second kappa shape index (κ2) is 6.86. The Morgan fingerprint density at radius 1 is 1.04 bits per heavy atom. The SMILES string of the molecule is O=C(c1ccc([N+](=O)[O-])o1)N1CCN(C(=O)c2cnn3c2CCCC3)CC1. The molecule has 27 heavy (non-hydrogen) atoms. The fraction of sp³-hybridized carbons (Fsp3) is 0.471. The van der Waals surface area contributed by atoms with E-state index in [0.29, 0.717) is 31.7 Å². The third kappa shape index (κ3) is 3.18. The number of amides is 2. The summed E-state index contributed by atoms with van der Waals surface area (Å²) in [4.78, 5) is 38.5. The maximum absolute atomic E-state index is 12.8. The molecular weight excluding hydrogens is 354 g/mol. The molecule has 0 bridgehead atoms. The van der Waals surface area contributed by atoms with Gasteiger partial charge in [-0.1, -0.05) is 0 Å². The molecule has 1 saturated heterocycles. The lowest BCUT2D eigenvalue weighted by atomic mass is 10.1. The van der Waals surface area contributed by atoms with Crippen LogP contribution in [0.4, 0.5) is 5.88 Å². The number of hydrogen-bond acceptors (Lipinski definition) is 6. The Kier molecular flexibility index (Phi) is 4.38. The Hall–Kier alpha value is -3.17. The van der Waals surface area contributed by atoms with Crippen LogP contribution in [-0.2, 0) is 13.0 Å². The van der Waals surface area contributed by atoms with Crippen molar-refractivity contribution in [3.8, 4) is 0 Å². The molecule has 10 nitrogen and oxygen atoms in total. The molecule has 0 saturated carbocycles. The Bertz CT molecular complexity index is 893. The number of hydrogen-bond donors (Lipinski definition) is 0. The number of nitro groups is 1. The van der Waals surface area contributed by atoms with Gasteiger partial charge in [-0.3, -0.25) is 24.4 Å². The average Bonchev–Trinajstić information content (AvgIpc) is 3.34. The highest BCUT2D eigenvalue weighted by molar-refractivity contribution is 5.96. The van der Waals surface area contributed by atoms with Gasteiger partial charge in [-0.2, -0.15) is 5.10 Å². The predicted octanol–water partition coefficient (Wildman–Crippen LogP) is 1.32. The van der Waals surface area contributed by atoms with Gasteiger partial charge in [0, 0.05) is 32.7 Å². The number of carbonyl (C=O) groups is 2. The molecule has 142 valence electrons. The number of aromatic nitrogens is 2. The highest BCUT2D eigenvalue weighted by Gasteiger charge is 2.30. The number of rotatable bonds is 3. The van der Waals surface area contributed by atoms with Gasteiger partial charge in [-0.15, -0.1) is 0 Å². The summed E-state index contributed by atoms with van der Waals surface area (Å²) in [6.45, 7) is 2.35. The lowest BCUT2D eigenvalue weighted by Gasteiger charge is -2.34. The topological polar surface area (TPSA) is 115 Å². The van der Waals surface area contributed by atoms with E-state index in [1.807, 2.05) is 4.68 Å². The smallest absolute Gasteiger partial charge is 0.395 e. The second-order valence-corrected chi connectivity index (χ2v) is 6.66. The molecule has 2 aromatic rings. The molecule has 0 radical (unpaired) electrons. The first-order chi connectivity index (χ1) is 13.0. The van der Waals surface area contributed by atoms with Crippen molar-refractivity contribution in [2.75, 3.05) is 26.2 Å². The summed E-state index contributed by atoms with van der Waals surface area (Å²) in [6.07, 6.45) is 4.64. The minimum Gasteiger partial charge on any atom is -0.395 e. The Morgan fingerprint density at radius 2 is 1.74 bits per heavy atom. The first-order valence-corrected chi connectivity index (χ1v) is 8.92. The summed E-state index contributed by atoms with van der Waals surface area (Å²) in [7, 11) is 0. The zero-order chi connectivity index (χ0) is 19.0. The average molecular weight is 373 g/mol. The molecule has 0 aromatic carbocycles. The van der Waals surface area contributed by atoms with E-state index < -0.39 is 16.7 Å². The van der Waals surface area contributed by atoms with Crippen molar-refractivity contribution in [2.24, 2.45) is 0 Å². The highest BCUT2D eigenvalue weighted by atomic mass is 16.6. The molecule has 0 N–H and O–H groups in total. The van der Waals surface area contributed by atoms with Crippen LogP contribution < -0.4 is 0 Å². The quantitative estimate of drug-likeness (QED) is 0.592. The van der Waals surface area contributed by atoms with Crippen LogP contribution in [0.2, 0.25) is 0 Å². The van der Waals surface area contributed by atoms with Crippen molar-refractivity contribution >= 4 is 17.7 Å². The van der Waals surface area contributed by atoms with Crippen LogP contribution in [0, 0.1) is 10.1 Å². The number of fused-ring (bicyclic) bond motifs is 1. The van der Waals surface area contributed by atoms with Gasteiger partial charge in [-0.25, -0.2) is 0 Å². The van der Waals surface area contributed by atoms with Gasteiger partial charge in [0.05, 0.1) is 23.5 Å². The molecule has 2 amide bonds. The van der Waals surface area contributed by atoms with Gasteiger partial charge in [0.15, 0.2) is 5.76 Å². The summed E-state index contributed by atoms with van der Waals surface area (Å²) < 4.78 is 6.88. The summed E-state index contributed by atoms with van der Waals surface area (Å²) in [5.74, 6) is -0.984. The maximum Gasteiger partial charge on any atom is 0.433 e. The van der Waals surface area contributed by atoms with E-state index >= 15 is 0 Å². The molecule has 0 unspecified atom stereocenters. The summed E-state index contributed by atoms with van der Waals surface area (Å²) >= 11 is 0. The number of carbonyl (C=O) groups excluding carboxylic acids is 2. The molecule has 4 heterocycles. The predicted molar refractivity (Wildman–Crippen MR) is 92.3 cm³/mol.